The van der Waals surface area contributed by atoms with Crippen LogP contribution in [0.15, 0.2) is 18.5 Å². The number of ketones is 1. The lowest BCUT2D eigenvalue weighted by Gasteiger charge is -2.31. The Morgan fingerprint density at radius 3 is 2.61 bits per heavy atom. The van der Waals surface area contributed by atoms with Gasteiger partial charge in [0.2, 0.25) is 0 Å². The quantitative estimate of drug-likeness (QED) is 0.637. The van der Waals surface area contributed by atoms with Crippen LogP contribution in [0.2, 0.25) is 0 Å². The molecule has 2 aliphatic carbocycles. The number of aliphatic hydroxyl groups excluding tert-OH is 1. The fourth-order valence-electron chi connectivity index (χ4n) is 4.89. The number of alkyl halides is 3. The minimum atomic E-state index is -4.69. The van der Waals surface area contributed by atoms with Crippen LogP contribution in [0.3, 0.4) is 0 Å². The van der Waals surface area contributed by atoms with E-state index in [0.29, 0.717) is 12.8 Å². The van der Waals surface area contributed by atoms with Gasteiger partial charge in [0.25, 0.3) is 5.91 Å². The number of Topliss-reactive ketones (excluding diaryl/α,β-unsaturated/α-hetero) is 1. The molecule has 2 atom stereocenters. The maximum absolute atomic E-state index is 13.8. The van der Waals surface area contributed by atoms with Crippen LogP contribution in [0.25, 0.3) is 5.69 Å². The van der Waals surface area contributed by atoms with E-state index in [1.54, 1.807) is 0 Å². The van der Waals surface area contributed by atoms with E-state index in [1.807, 2.05) is 13.8 Å². The Kier molecular flexibility index (Phi) is 5.76. The normalized spacial score (nSPS) is 22.7. The van der Waals surface area contributed by atoms with E-state index in [0.717, 1.165) is 19.0 Å². The van der Waals surface area contributed by atoms with Crippen molar-refractivity contribution in [2.24, 2.45) is 11.1 Å². The van der Waals surface area contributed by atoms with E-state index < -0.39 is 34.9 Å². The monoisotopic (exact) mass is 464 g/mol. The molecule has 2 aromatic heterocycles. The highest BCUT2D eigenvalue weighted by molar-refractivity contribution is 6.01. The number of aliphatic hydroxyl groups is 1. The average molecular weight is 464 g/mol. The number of nitrogens with one attached hydrogen (secondary N) is 1. The molecule has 0 saturated heterocycles. The van der Waals surface area contributed by atoms with Crippen LogP contribution in [0.4, 0.5) is 18.9 Å². The Hall–Kier alpha value is -2.88. The number of amides is 1. The minimum Gasteiger partial charge on any atom is -0.391 e. The second-order valence-electron chi connectivity index (χ2n) is 9.73. The second kappa shape index (κ2) is 8.16. The summed E-state index contributed by atoms with van der Waals surface area (Å²) >= 11 is 0. The van der Waals surface area contributed by atoms with Gasteiger partial charge in [-0.05, 0) is 30.7 Å². The molecule has 0 aromatic carbocycles. The molecular formula is C23H27F3N4O3. The van der Waals surface area contributed by atoms with Crippen LogP contribution >= 0.6 is 0 Å². The third kappa shape index (κ3) is 4.48. The molecule has 4 N–H and O–H groups in total. The molecule has 2 aromatic rings. The van der Waals surface area contributed by atoms with E-state index in [1.165, 1.54) is 16.8 Å². The third-order valence-electron chi connectivity index (χ3n) is 6.43. The molecule has 0 aliphatic heterocycles. The van der Waals surface area contributed by atoms with Gasteiger partial charge in [0.15, 0.2) is 11.5 Å². The summed E-state index contributed by atoms with van der Waals surface area (Å²) < 4.78 is 42.7. The number of aromatic nitrogens is 2. The summed E-state index contributed by atoms with van der Waals surface area (Å²) in [5, 5.41) is 13.4. The number of nitrogens with zero attached hydrogens (tertiary/aromatic N) is 2. The maximum Gasteiger partial charge on any atom is 0.418 e. The summed E-state index contributed by atoms with van der Waals surface area (Å²) in [5.74, 6) is -1.34. The van der Waals surface area contributed by atoms with E-state index in [-0.39, 0.29) is 47.2 Å². The van der Waals surface area contributed by atoms with Gasteiger partial charge in [-0.2, -0.15) is 13.2 Å². The Bertz CT molecular complexity index is 1110. The van der Waals surface area contributed by atoms with Gasteiger partial charge in [0.05, 0.1) is 40.8 Å². The standard InChI is InChI=1S/C23H27F3N4O3/c1-22(2)8-16-19(18(32)9-22)13(23(24,25)26)11-30(16)12-7-15(20(21(27)33)28-10-12)29-14-5-3-4-6-17(14)31/h7,10-11,14,17,29,31H,3-6,8-9H2,1-2H3,(H2,27,33)/t14-,17-/m0/s1. The van der Waals surface area contributed by atoms with Crippen molar-refractivity contribution >= 4 is 17.4 Å². The number of pyridine rings is 1. The molecule has 0 unspecified atom stereocenters. The molecule has 10 heteroatoms. The van der Waals surface area contributed by atoms with Gasteiger partial charge in [-0.1, -0.05) is 26.7 Å². The molecule has 1 saturated carbocycles. The predicted molar refractivity (Wildman–Crippen MR) is 115 cm³/mol. The fourth-order valence-corrected chi connectivity index (χ4v) is 4.89. The van der Waals surface area contributed by atoms with Crippen LogP contribution in [0.5, 0.6) is 0 Å². The van der Waals surface area contributed by atoms with Crippen LogP contribution in [0.1, 0.15) is 78.1 Å². The fraction of sp³-hybridized carbons (Fsp3) is 0.522. The highest BCUT2D eigenvalue weighted by Crippen LogP contribution is 2.43. The molecule has 7 nitrogen and oxygen atoms in total. The van der Waals surface area contributed by atoms with Crippen molar-refractivity contribution in [1.29, 1.82) is 0 Å². The number of nitrogens with two attached hydrogens (primary N) is 1. The lowest BCUT2D eigenvalue weighted by Crippen LogP contribution is -2.37. The van der Waals surface area contributed by atoms with Gasteiger partial charge < -0.3 is 20.7 Å². The molecule has 0 spiro atoms. The average Bonchev–Trinajstić information content (AvgIpc) is 3.08. The zero-order chi connectivity index (χ0) is 24.1. The van der Waals surface area contributed by atoms with Crippen molar-refractivity contribution in [3.05, 3.63) is 41.0 Å². The Morgan fingerprint density at radius 2 is 1.97 bits per heavy atom. The Morgan fingerprint density at radius 1 is 1.27 bits per heavy atom. The number of primary amides is 1. The van der Waals surface area contributed by atoms with Gasteiger partial charge in [-0.3, -0.25) is 9.59 Å². The van der Waals surface area contributed by atoms with Crippen LogP contribution in [0, 0.1) is 5.41 Å². The molecule has 33 heavy (non-hydrogen) atoms. The topological polar surface area (TPSA) is 110 Å². The lowest BCUT2D eigenvalue weighted by atomic mass is 9.75. The summed E-state index contributed by atoms with van der Waals surface area (Å²) in [4.78, 5) is 28.8. The number of anilines is 1. The molecule has 0 bridgehead atoms. The van der Waals surface area contributed by atoms with E-state index in [2.05, 4.69) is 10.3 Å². The molecule has 0 radical (unpaired) electrons. The molecule has 2 heterocycles. The second-order valence-corrected chi connectivity index (χ2v) is 9.73. The van der Waals surface area contributed by atoms with Gasteiger partial charge in [0, 0.05) is 18.3 Å². The Balaban J connectivity index is 1.84. The third-order valence-corrected chi connectivity index (χ3v) is 6.43. The SMILES string of the molecule is CC1(C)CC(=O)c2c(C(F)(F)F)cn(-c3cnc(C(N)=O)c(N[C@H]4CCCC[C@@H]4O)c3)c2C1. The minimum absolute atomic E-state index is 0.0261. The van der Waals surface area contributed by atoms with Crippen LogP contribution in [-0.4, -0.2) is 38.5 Å². The van der Waals surface area contributed by atoms with Gasteiger partial charge in [-0.25, -0.2) is 4.98 Å². The highest BCUT2D eigenvalue weighted by atomic mass is 19.4. The summed E-state index contributed by atoms with van der Waals surface area (Å²) in [6.07, 6.45) is 0.226. The number of hydrogen-bond acceptors (Lipinski definition) is 5. The smallest absolute Gasteiger partial charge is 0.391 e. The Labute approximate surface area is 189 Å². The predicted octanol–water partition coefficient (Wildman–Crippen LogP) is 3.86. The molecule has 2 aliphatic rings. The number of carbonyl (C=O) groups excluding carboxylic acids is 2. The first-order chi connectivity index (χ1) is 15.4. The lowest BCUT2D eigenvalue weighted by molar-refractivity contribution is -0.137. The summed E-state index contributed by atoms with van der Waals surface area (Å²) in [6.45, 7) is 3.68. The number of fused-ring (bicyclic) bond motifs is 1. The summed E-state index contributed by atoms with van der Waals surface area (Å²) in [6, 6.07) is 1.17. The van der Waals surface area contributed by atoms with Crippen molar-refractivity contribution < 1.29 is 27.9 Å². The van der Waals surface area contributed by atoms with E-state index in [9.17, 15) is 27.9 Å². The van der Waals surface area contributed by atoms with E-state index >= 15 is 0 Å². The summed E-state index contributed by atoms with van der Waals surface area (Å²) in [5.41, 5.74) is 4.38. The van der Waals surface area contributed by atoms with Crippen LogP contribution in [-0.2, 0) is 12.6 Å². The van der Waals surface area contributed by atoms with Crippen LogP contribution < -0.4 is 11.1 Å². The molecular weight excluding hydrogens is 437 g/mol. The zero-order valence-corrected chi connectivity index (χ0v) is 18.5. The van der Waals surface area contributed by atoms with Crippen molar-refractivity contribution in [2.75, 3.05) is 5.32 Å². The maximum atomic E-state index is 13.8. The molecule has 4 rings (SSSR count). The zero-order valence-electron chi connectivity index (χ0n) is 18.5. The number of hydrogen-bond donors (Lipinski definition) is 3. The van der Waals surface area contributed by atoms with Crippen molar-refractivity contribution in [3.63, 3.8) is 0 Å². The first-order valence-corrected chi connectivity index (χ1v) is 11.0. The van der Waals surface area contributed by atoms with E-state index in [4.69, 9.17) is 5.73 Å². The first kappa shape index (κ1) is 23.3. The molecule has 178 valence electrons. The number of rotatable bonds is 4. The molecule has 1 fully saturated rings. The van der Waals surface area contributed by atoms with Gasteiger partial charge >= 0.3 is 6.18 Å². The highest BCUT2D eigenvalue weighted by Gasteiger charge is 2.43. The van der Waals surface area contributed by atoms with Crippen molar-refractivity contribution in [3.8, 4) is 5.69 Å². The first-order valence-electron chi connectivity index (χ1n) is 11.0. The number of halogens is 3. The van der Waals surface area contributed by atoms with Crippen molar-refractivity contribution in [1.82, 2.24) is 9.55 Å². The van der Waals surface area contributed by atoms with Gasteiger partial charge in [-0.15, -0.1) is 0 Å². The number of carbonyl (C=O) groups is 2. The summed E-state index contributed by atoms with van der Waals surface area (Å²) in [7, 11) is 0. The molecule has 1 amide bonds. The largest absolute Gasteiger partial charge is 0.418 e. The van der Waals surface area contributed by atoms with Crippen molar-refractivity contribution in [2.45, 2.75) is 70.7 Å². The van der Waals surface area contributed by atoms with Gasteiger partial charge in [0.1, 0.15) is 0 Å².